The molecule has 0 aromatic heterocycles. The zero-order chi connectivity index (χ0) is 34.5. The first-order valence-corrected chi connectivity index (χ1v) is 20.9. The Balaban J connectivity index is 1.17. The van der Waals surface area contributed by atoms with Crippen molar-refractivity contribution in [3.8, 4) is 0 Å². The van der Waals surface area contributed by atoms with Crippen LogP contribution in [0.15, 0.2) is 42.5 Å². The molecule has 48 heavy (non-hydrogen) atoms. The molecule has 6 heteroatoms. The number of nitrogens with zero attached hydrogens (tertiary/aromatic N) is 1. The van der Waals surface area contributed by atoms with Crippen LogP contribution in [-0.2, 0) is 9.84 Å². The van der Waals surface area contributed by atoms with E-state index in [9.17, 15) is 18.3 Å². The van der Waals surface area contributed by atoms with E-state index in [4.69, 9.17) is 0 Å². The number of sulfone groups is 1. The van der Waals surface area contributed by atoms with Gasteiger partial charge < -0.3 is 10.0 Å². The van der Waals surface area contributed by atoms with E-state index in [-0.39, 0.29) is 10.8 Å². The zero-order valence-electron chi connectivity index (χ0n) is 30.6. The summed E-state index contributed by atoms with van der Waals surface area (Å²) in [6, 6.07) is 7.59. The average molecular weight is 676 g/mol. The van der Waals surface area contributed by atoms with E-state index in [2.05, 4.69) is 59.1 Å². The summed E-state index contributed by atoms with van der Waals surface area (Å²) in [5.74, 6) is 3.06. The van der Waals surface area contributed by atoms with Crippen molar-refractivity contribution in [1.29, 1.82) is 0 Å². The Morgan fingerprint density at radius 1 is 0.896 bits per heavy atom. The Morgan fingerprint density at radius 3 is 2.23 bits per heavy atom. The second-order valence-corrected chi connectivity index (χ2v) is 21.0. The molecular weight excluding hydrogens is 615 g/mol. The smallest absolute Gasteiger partial charge is 0.335 e. The van der Waals surface area contributed by atoms with Gasteiger partial charge in [0.1, 0.15) is 0 Å². The third-order valence-electron chi connectivity index (χ3n) is 16.6. The van der Waals surface area contributed by atoms with Crippen LogP contribution in [0.4, 0.5) is 0 Å². The number of carboxylic acids is 1. The Bertz CT molecular complexity index is 1600. The fourth-order valence-electron chi connectivity index (χ4n) is 14.0. The molecule has 264 valence electrons. The van der Waals surface area contributed by atoms with Crippen molar-refractivity contribution >= 4 is 21.4 Å². The molecule has 7 rings (SSSR count). The van der Waals surface area contributed by atoms with Crippen LogP contribution in [0.5, 0.6) is 0 Å². The highest BCUT2D eigenvalue weighted by atomic mass is 32.2. The maximum absolute atomic E-state index is 12.1. The number of hydrogen-bond donors (Lipinski definition) is 1. The van der Waals surface area contributed by atoms with Gasteiger partial charge in [0.25, 0.3) is 0 Å². The van der Waals surface area contributed by atoms with Crippen LogP contribution in [0, 0.1) is 56.7 Å². The van der Waals surface area contributed by atoms with Crippen molar-refractivity contribution in [2.45, 2.75) is 106 Å². The normalized spacial score (nSPS) is 43.2. The third-order valence-corrected chi connectivity index (χ3v) is 18.2. The highest BCUT2D eigenvalue weighted by Crippen LogP contribution is 2.78. The monoisotopic (exact) mass is 675 g/mol. The lowest BCUT2D eigenvalue weighted by molar-refractivity contribution is -0.226. The fraction of sp³-hybridized carbons (Fsp3) is 0.738. The molecule has 4 unspecified atom stereocenters. The highest BCUT2D eigenvalue weighted by molar-refractivity contribution is 7.91. The molecule has 0 bridgehead atoms. The van der Waals surface area contributed by atoms with Crippen LogP contribution in [-0.4, -0.2) is 55.5 Å². The number of allylic oxidation sites excluding steroid dienone is 3. The molecule has 5 fully saturated rings. The van der Waals surface area contributed by atoms with Crippen molar-refractivity contribution in [2.75, 3.05) is 31.1 Å². The summed E-state index contributed by atoms with van der Waals surface area (Å²) in [6.07, 6.45) is 15.2. The average Bonchev–Trinajstić information content (AvgIpc) is 3.41. The second-order valence-electron chi connectivity index (χ2n) is 18.7. The predicted octanol–water partition coefficient (Wildman–Crippen LogP) is 9.16. The first-order valence-electron chi connectivity index (χ1n) is 19.1. The van der Waals surface area contributed by atoms with Gasteiger partial charge in [-0.05, 0) is 158 Å². The van der Waals surface area contributed by atoms with Gasteiger partial charge in [-0.25, -0.2) is 13.2 Å². The largest absolute Gasteiger partial charge is 0.478 e. The van der Waals surface area contributed by atoms with Gasteiger partial charge in [-0.15, -0.1) is 0 Å². The first-order chi connectivity index (χ1) is 22.5. The molecule has 0 amide bonds. The van der Waals surface area contributed by atoms with Gasteiger partial charge >= 0.3 is 5.97 Å². The zero-order valence-corrected chi connectivity index (χ0v) is 31.4. The van der Waals surface area contributed by atoms with E-state index in [0.717, 1.165) is 13.0 Å². The van der Waals surface area contributed by atoms with Gasteiger partial charge in [0, 0.05) is 13.1 Å². The molecule has 0 spiro atoms. The number of rotatable bonds is 6. The number of benzene rings is 1. The molecule has 1 aromatic carbocycles. The van der Waals surface area contributed by atoms with Gasteiger partial charge in [0.2, 0.25) is 0 Å². The van der Waals surface area contributed by atoms with Crippen molar-refractivity contribution in [3.63, 3.8) is 0 Å². The summed E-state index contributed by atoms with van der Waals surface area (Å²) in [5, 5.41) is 9.48. The summed E-state index contributed by atoms with van der Waals surface area (Å²) in [4.78, 5) is 14.0. The first kappa shape index (κ1) is 34.5. The van der Waals surface area contributed by atoms with E-state index in [1.165, 1.54) is 74.5 Å². The molecule has 1 heterocycles. The molecular formula is C42H61NO4S. The van der Waals surface area contributed by atoms with Crippen LogP contribution < -0.4 is 0 Å². The minimum Gasteiger partial charge on any atom is -0.478 e. The Morgan fingerprint density at radius 2 is 1.58 bits per heavy atom. The number of hydrogen-bond acceptors (Lipinski definition) is 4. The summed E-state index contributed by atoms with van der Waals surface area (Å²) < 4.78 is 24.3. The minimum atomic E-state index is -2.86. The lowest BCUT2D eigenvalue weighted by atomic mass is 9.32. The molecule has 6 aliphatic rings. The molecule has 1 saturated heterocycles. The standard InChI is InChI=1S/C42H61NO4S/c1-28(2)31-14-19-42(22-23-43-24-26-48(46,47)27-25-43)21-20-40(6)33(36(31)42)12-13-35-39(5)17-15-32(29-8-10-30(11-9-29)37(44)45)38(3,4)34(39)16-18-41(35,40)7/h8-11,15,31,33-36H,1,12-14,16-27H2,2-7H3,(H,44,45)/t31-,33?,34?,35?,36?,39-,40+,41+,42+/m0/s1. The lowest BCUT2D eigenvalue weighted by Gasteiger charge is -2.72. The molecule has 0 radical (unpaired) electrons. The topological polar surface area (TPSA) is 74.7 Å². The number of carbonyl (C=O) groups is 1. The van der Waals surface area contributed by atoms with Gasteiger partial charge in [-0.2, -0.15) is 0 Å². The van der Waals surface area contributed by atoms with E-state index >= 15 is 0 Å². The van der Waals surface area contributed by atoms with Crippen LogP contribution in [0.3, 0.4) is 0 Å². The number of carboxylic acid groups (broad SMARTS) is 1. The van der Waals surface area contributed by atoms with Crippen LogP contribution in [0.25, 0.3) is 5.57 Å². The Hall–Kier alpha value is -1.92. The maximum Gasteiger partial charge on any atom is 0.335 e. The summed E-state index contributed by atoms with van der Waals surface area (Å²) in [6.45, 7) is 22.3. The van der Waals surface area contributed by atoms with Crippen molar-refractivity contribution in [1.82, 2.24) is 4.90 Å². The molecule has 9 atom stereocenters. The van der Waals surface area contributed by atoms with Gasteiger partial charge in [-0.1, -0.05) is 65.0 Å². The predicted molar refractivity (Wildman–Crippen MR) is 195 cm³/mol. The van der Waals surface area contributed by atoms with E-state index in [1.54, 1.807) is 12.1 Å². The maximum atomic E-state index is 12.1. The fourth-order valence-corrected chi connectivity index (χ4v) is 15.2. The third kappa shape index (κ3) is 5.07. The second kappa shape index (κ2) is 11.6. The minimum absolute atomic E-state index is 0.0167. The van der Waals surface area contributed by atoms with E-state index in [1.807, 2.05) is 12.1 Å². The summed E-state index contributed by atoms with van der Waals surface area (Å²) in [5.41, 5.74) is 5.52. The molecule has 5 nitrogen and oxygen atoms in total. The van der Waals surface area contributed by atoms with Gasteiger partial charge in [0.15, 0.2) is 9.84 Å². The van der Waals surface area contributed by atoms with Crippen LogP contribution >= 0.6 is 0 Å². The molecule has 5 aliphatic carbocycles. The quantitative estimate of drug-likeness (QED) is 0.305. The van der Waals surface area contributed by atoms with Crippen molar-refractivity contribution in [3.05, 3.63) is 53.6 Å². The Kier molecular flexibility index (Phi) is 8.31. The van der Waals surface area contributed by atoms with Gasteiger partial charge in [-0.3, -0.25) is 0 Å². The molecule has 1 N–H and O–H groups in total. The van der Waals surface area contributed by atoms with Gasteiger partial charge in [0.05, 0.1) is 17.1 Å². The lowest BCUT2D eigenvalue weighted by Crippen LogP contribution is -2.65. The number of fused-ring (bicyclic) bond motifs is 7. The number of aromatic carboxylic acids is 1. The van der Waals surface area contributed by atoms with E-state index in [0.29, 0.717) is 76.0 Å². The van der Waals surface area contributed by atoms with E-state index < -0.39 is 15.8 Å². The molecule has 1 aromatic rings. The van der Waals surface area contributed by atoms with Crippen LogP contribution in [0.2, 0.25) is 0 Å². The SMILES string of the molecule is C=C(C)[C@@H]1CC[C@]2(CCN3CCS(=O)(=O)CC3)CC[C@]3(C)C(CCC4[C@@]5(C)CC=C(c6ccc(C(=O)O)cc6)C(C)(C)C5CC[C@]43C)C12. The molecule has 4 saturated carbocycles. The van der Waals surface area contributed by atoms with Crippen molar-refractivity contribution < 1.29 is 18.3 Å². The molecule has 1 aliphatic heterocycles. The summed E-state index contributed by atoms with van der Waals surface area (Å²) >= 11 is 0. The highest BCUT2D eigenvalue weighted by Gasteiger charge is 2.70. The summed E-state index contributed by atoms with van der Waals surface area (Å²) in [7, 11) is -2.86. The Labute approximate surface area is 290 Å². The van der Waals surface area contributed by atoms with Crippen molar-refractivity contribution in [2.24, 2.45) is 56.7 Å². The van der Waals surface area contributed by atoms with Crippen LogP contribution in [0.1, 0.15) is 122 Å².